The molecule has 2 aliphatic carbocycles. The van der Waals surface area contributed by atoms with E-state index in [0.717, 1.165) is 46.8 Å². The lowest BCUT2D eigenvalue weighted by Gasteiger charge is -2.27. The first-order valence-corrected chi connectivity index (χ1v) is 31.7. The summed E-state index contributed by atoms with van der Waals surface area (Å²) in [5, 5.41) is 9.83. The van der Waals surface area contributed by atoms with E-state index in [9.17, 15) is 53.2 Å². The quantitative estimate of drug-likeness (QED) is 0.0144. The Morgan fingerprint density at radius 2 is 0.880 bits per heavy atom. The van der Waals surface area contributed by atoms with Crippen LogP contribution >= 0.6 is 23.5 Å². The third kappa shape index (κ3) is 22.6. The number of thioether (sulfide) groups is 2. The van der Waals surface area contributed by atoms with Gasteiger partial charge in [-0.3, -0.25) is 38.4 Å². The zero-order valence-corrected chi connectivity index (χ0v) is 53.6. The number of fused-ring (bicyclic) bond motifs is 1. The Morgan fingerprint density at radius 3 is 1.25 bits per heavy atom. The molecule has 0 saturated heterocycles. The molecule has 3 aliphatic rings. The van der Waals surface area contributed by atoms with E-state index in [2.05, 4.69) is 18.0 Å². The van der Waals surface area contributed by atoms with Crippen molar-refractivity contribution in [1.29, 1.82) is 5.26 Å². The standard InChI is InChI=1S/C67H74N2O21S2/c1-9-53(70)84-39(3)36-80-37-40(4)86-58(75)30-29-56(73)82-34-32-45-13-25-51(26-14-45)88-64(77)47-17-21-49(22-18-47)66(79)90-60-43(7)42(6)59(61-62(60)92-67(91-61)52(35-68)69-8)89-65(78)48-19-15-46(16-20-48)63(76)87-50-23-11-44(12-24-50)31-33-81-55(72)27-28-57(74)83-38-41(5)85-54(71)10-2/h9-14,23-26,39-41,46-49H,1-2,15-22,27-34,36-38H2,3-7H3/b67-52+. The average Bonchev–Trinajstić information content (AvgIpc) is 1.55. The van der Waals surface area contributed by atoms with Crippen molar-refractivity contribution < 1.29 is 100 Å². The predicted molar refractivity (Wildman–Crippen MR) is 330 cm³/mol. The van der Waals surface area contributed by atoms with Crippen LogP contribution in [-0.2, 0) is 93.9 Å². The second kappa shape index (κ2) is 36.3. The van der Waals surface area contributed by atoms with Gasteiger partial charge in [0.25, 0.3) is 5.70 Å². The number of hydrogen-bond acceptors (Lipinski definition) is 24. The molecule has 1 heterocycles. The van der Waals surface area contributed by atoms with Crippen molar-refractivity contribution >= 4 is 83.2 Å². The van der Waals surface area contributed by atoms with Gasteiger partial charge in [-0.25, -0.2) is 19.7 Å². The maximum Gasteiger partial charge on any atom is 0.330 e. The SMILES string of the molecule is [C-]#[N+]/C(C#N)=C1\Sc2c(OC(=O)C3CCC(C(=O)Oc4ccc(CCOC(=O)CCC(=O)OCC(C)OC(=O)C=C)cc4)CC3)c(C)c(C)c(OC(=O)C3CCC(C(=O)Oc4ccc(CCOC(=O)CCC(=O)OC(C)COCC(C)OC(=O)C=C)cc4)CC3)c2S1. The highest BCUT2D eigenvalue weighted by Gasteiger charge is 2.38. The number of nitriles is 1. The van der Waals surface area contributed by atoms with Crippen LogP contribution in [0.4, 0.5) is 0 Å². The van der Waals surface area contributed by atoms with Crippen molar-refractivity contribution in [3.63, 3.8) is 0 Å². The second-order valence-corrected chi connectivity index (χ2v) is 24.4. The fourth-order valence-electron chi connectivity index (χ4n) is 9.76. The van der Waals surface area contributed by atoms with Crippen LogP contribution in [0.5, 0.6) is 23.0 Å². The molecule has 25 heteroatoms. The summed E-state index contributed by atoms with van der Waals surface area (Å²) in [6, 6.07) is 15.4. The summed E-state index contributed by atoms with van der Waals surface area (Å²) in [6.07, 6.45) is 3.01. The average molecular weight is 1310 g/mol. The molecule has 2 fully saturated rings. The monoisotopic (exact) mass is 1310 g/mol. The molecule has 0 radical (unpaired) electrons. The Morgan fingerprint density at radius 1 is 0.533 bits per heavy atom. The summed E-state index contributed by atoms with van der Waals surface area (Å²) < 4.78 is 60.2. The maximum atomic E-state index is 13.9. The van der Waals surface area contributed by atoms with Crippen LogP contribution in [0.25, 0.3) is 4.85 Å². The molecule has 3 unspecified atom stereocenters. The molecule has 1 aliphatic heterocycles. The van der Waals surface area contributed by atoms with Crippen LogP contribution in [0, 0.1) is 55.4 Å². The molecule has 3 aromatic rings. The second-order valence-electron chi connectivity index (χ2n) is 22.1. The highest BCUT2D eigenvalue weighted by atomic mass is 32.2. The van der Waals surface area contributed by atoms with E-state index in [1.54, 1.807) is 83.1 Å². The van der Waals surface area contributed by atoms with Gasteiger partial charge in [0, 0.05) is 25.0 Å². The van der Waals surface area contributed by atoms with Crippen LogP contribution in [0.3, 0.4) is 0 Å². The van der Waals surface area contributed by atoms with Crippen molar-refractivity contribution in [3.8, 4) is 29.1 Å². The fraction of sp³-hybridized carbons (Fsp3) is 0.463. The third-order valence-electron chi connectivity index (χ3n) is 15.0. The van der Waals surface area contributed by atoms with Crippen molar-refractivity contribution in [2.24, 2.45) is 23.7 Å². The minimum absolute atomic E-state index is 0.0477. The number of carbonyl (C=O) groups excluding carboxylic acids is 10. The molecule has 3 aromatic carbocycles. The van der Waals surface area contributed by atoms with Crippen LogP contribution in [0.1, 0.15) is 120 Å². The minimum atomic E-state index is -0.676. The number of carbonyl (C=O) groups is 10. The zero-order valence-electron chi connectivity index (χ0n) is 51.9. The van der Waals surface area contributed by atoms with Crippen molar-refractivity contribution in [2.75, 3.05) is 33.0 Å². The highest BCUT2D eigenvalue weighted by Crippen LogP contribution is 2.61. The lowest BCUT2D eigenvalue weighted by atomic mass is 9.82. The first-order chi connectivity index (χ1) is 44.1. The van der Waals surface area contributed by atoms with E-state index >= 15 is 0 Å². The lowest BCUT2D eigenvalue weighted by molar-refractivity contribution is -0.156. The molecule has 92 heavy (non-hydrogen) atoms. The van der Waals surface area contributed by atoms with Crippen LogP contribution in [0.2, 0.25) is 0 Å². The molecule has 0 amide bonds. The van der Waals surface area contributed by atoms with Crippen LogP contribution < -0.4 is 18.9 Å². The Kier molecular flexibility index (Phi) is 28.5. The first-order valence-electron chi connectivity index (χ1n) is 30.1. The number of allylic oxidation sites excluding steroid dienone is 1. The smallest absolute Gasteiger partial charge is 0.330 e. The Labute approximate surface area is 541 Å². The normalized spacial score (nSPS) is 18.0. The van der Waals surface area contributed by atoms with Gasteiger partial charge in [-0.1, -0.05) is 60.9 Å². The molecule has 0 aromatic heterocycles. The maximum absolute atomic E-state index is 13.9. The van der Waals surface area contributed by atoms with Gasteiger partial charge in [0.15, 0.2) is 0 Å². The largest absolute Gasteiger partial charge is 0.465 e. The summed E-state index contributed by atoms with van der Waals surface area (Å²) in [5.74, 6) is -6.56. The summed E-state index contributed by atoms with van der Waals surface area (Å²) in [6.45, 7) is 22.7. The highest BCUT2D eigenvalue weighted by molar-refractivity contribution is 8.24. The van der Waals surface area contributed by atoms with Gasteiger partial charge in [0.2, 0.25) is 0 Å². The molecule has 2 saturated carbocycles. The van der Waals surface area contributed by atoms with E-state index in [-0.39, 0.29) is 75.9 Å². The van der Waals surface area contributed by atoms with Gasteiger partial charge in [0.05, 0.1) is 102 Å². The van der Waals surface area contributed by atoms with E-state index in [1.165, 1.54) is 0 Å². The first kappa shape index (κ1) is 72.3. The zero-order chi connectivity index (χ0) is 66.9. The molecule has 0 spiro atoms. The van der Waals surface area contributed by atoms with E-state index < -0.39 is 102 Å². The molecular weight excluding hydrogens is 1230 g/mol. The number of ether oxygens (including phenoxy) is 11. The third-order valence-corrected chi connectivity index (χ3v) is 17.6. The molecule has 0 bridgehead atoms. The number of nitrogens with zero attached hydrogens (tertiary/aromatic N) is 2. The number of benzene rings is 3. The Balaban J connectivity index is 0.914. The number of rotatable bonds is 31. The fourth-order valence-corrected chi connectivity index (χ4v) is 12.4. The number of hydrogen-bond donors (Lipinski definition) is 0. The van der Waals surface area contributed by atoms with Gasteiger partial charge >= 0.3 is 59.7 Å². The lowest BCUT2D eigenvalue weighted by Crippen LogP contribution is -2.31. The van der Waals surface area contributed by atoms with Gasteiger partial charge in [0.1, 0.15) is 47.9 Å². The van der Waals surface area contributed by atoms with Crippen molar-refractivity contribution in [1.82, 2.24) is 0 Å². The van der Waals surface area contributed by atoms with Gasteiger partial charge < -0.3 is 52.1 Å². The van der Waals surface area contributed by atoms with E-state index in [4.69, 9.17) is 58.7 Å². The summed E-state index contributed by atoms with van der Waals surface area (Å²) in [4.78, 5) is 130. The van der Waals surface area contributed by atoms with Crippen LogP contribution in [-0.4, -0.2) is 111 Å². The van der Waals surface area contributed by atoms with E-state index in [1.807, 2.05) is 6.07 Å². The predicted octanol–water partition coefficient (Wildman–Crippen LogP) is 10.2. The molecule has 3 atom stereocenters. The van der Waals surface area contributed by atoms with Crippen molar-refractivity contribution in [3.05, 3.63) is 117 Å². The molecule has 0 N–H and O–H groups in total. The van der Waals surface area contributed by atoms with Gasteiger partial charge in [-0.2, -0.15) is 0 Å². The van der Waals surface area contributed by atoms with Gasteiger partial charge in [-0.05, 0) is 133 Å². The Hall–Kier alpha value is -8.78. The van der Waals surface area contributed by atoms with E-state index in [0.29, 0.717) is 101 Å². The number of esters is 10. The Bertz CT molecular complexity index is 3310. The minimum Gasteiger partial charge on any atom is -0.465 e. The van der Waals surface area contributed by atoms with Crippen molar-refractivity contribution in [2.45, 2.75) is 153 Å². The van der Waals surface area contributed by atoms with Crippen LogP contribution in [0.15, 0.2) is 93.6 Å². The summed E-state index contributed by atoms with van der Waals surface area (Å²) >= 11 is 2.16. The molecular formula is C67H74N2O21S2. The molecule has 490 valence electrons. The molecule has 6 rings (SSSR count). The topological polar surface area (TPSA) is 300 Å². The van der Waals surface area contributed by atoms with Gasteiger partial charge in [-0.15, -0.1) is 0 Å². The molecule has 23 nitrogen and oxygen atoms in total. The summed E-state index contributed by atoms with van der Waals surface area (Å²) in [7, 11) is 0. The summed E-state index contributed by atoms with van der Waals surface area (Å²) in [5.41, 5.74) is 2.45.